The Balaban J connectivity index is 2.54. The van der Waals surface area contributed by atoms with Crippen molar-refractivity contribution in [1.29, 1.82) is 0 Å². The lowest BCUT2D eigenvalue weighted by molar-refractivity contribution is 0.229. The molecule has 0 spiro atoms. The molecule has 1 rings (SSSR count). The molecule has 4 heteroatoms. The number of rotatable bonds is 6. The molecule has 0 saturated heterocycles. The van der Waals surface area contributed by atoms with Crippen LogP contribution in [0.1, 0.15) is 31.9 Å². The monoisotopic (exact) mass is 263 g/mol. The van der Waals surface area contributed by atoms with Crippen molar-refractivity contribution in [3.8, 4) is 0 Å². The Bertz CT molecular complexity index is 378. The van der Waals surface area contributed by atoms with Crippen LogP contribution >= 0.6 is 0 Å². The fraction of sp³-hybridized carbons (Fsp3) is 0.533. The summed E-state index contributed by atoms with van der Waals surface area (Å²) >= 11 is 0. The highest BCUT2D eigenvalue weighted by Gasteiger charge is 2.15. The minimum absolute atomic E-state index is 0.0999. The Morgan fingerprint density at radius 3 is 2.42 bits per heavy atom. The molecule has 2 amide bonds. The van der Waals surface area contributed by atoms with Gasteiger partial charge in [0.15, 0.2) is 0 Å². The Morgan fingerprint density at radius 1 is 1.26 bits per heavy atom. The summed E-state index contributed by atoms with van der Waals surface area (Å²) in [5.74, 6) is 0. The van der Waals surface area contributed by atoms with Crippen molar-refractivity contribution in [3.63, 3.8) is 0 Å². The van der Waals surface area contributed by atoms with E-state index >= 15 is 0 Å². The second-order valence-electron chi connectivity index (χ2n) is 5.05. The maximum absolute atomic E-state index is 11.7. The van der Waals surface area contributed by atoms with Crippen molar-refractivity contribution in [2.45, 2.75) is 32.4 Å². The van der Waals surface area contributed by atoms with Crippen LogP contribution in [0, 0.1) is 0 Å². The molecule has 4 nitrogen and oxygen atoms in total. The van der Waals surface area contributed by atoms with E-state index in [4.69, 9.17) is 0 Å². The molecular formula is C15H25N3O. The summed E-state index contributed by atoms with van der Waals surface area (Å²) in [5.41, 5.74) is 1.20. The first kappa shape index (κ1) is 15.5. The van der Waals surface area contributed by atoms with Gasteiger partial charge in [0.05, 0.1) is 6.04 Å². The zero-order chi connectivity index (χ0) is 14.3. The summed E-state index contributed by atoms with van der Waals surface area (Å²) in [7, 11) is 4.04. The first-order valence-electron chi connectivity index (χ1n) is 6.80. The Kier molecular flexibility index (Phi) is 6.36. The Hall–Kier alpha value is -1.55. The number of amides is 2. The number of nitrogens with zero attached hydrogens (tertiary/aromatic N) is 1. The molecule has 0 saturated carbocycles. The summed E-state index contributed by atoms with van der Waals surface area (Å²) in [4.78, 5) is 13.8. The van der Waals surface area contributed by atoms with Crippen LogP contribution in [-0.2, 0) is 0 Å². The maximum Gasteiger partial charge on any atom is 0.315 e. The predicted molar refractivity (Wildman–Crippen MR) is 79.2 cm³/mol. The van der Waals surface area contributed by atoms with Gasteiger partial charge in [-0.1, -0.05) is 37.3 Å². The van der Waals surface area contributed by atoms with Gasteiger partial charge >= 0.3 is 6.03 Å². The molecule has 1 aromatic rings. The van der Waals surface area contributed by atoms with Crippen LogP contribution in [0.4, 0.5) is 4.79 Å². The van der Waals surface area contributed by atoms with Gasteiger partial charge in [-0.25, -0.2) is 4.79 Å². The van der Waals surface area contributed by atoms with Gasteiger partial charge in [-0.05, 0) is 33.0 Å². The van der Waals surface area contributed by atoms with Crippen LogP contribution in [-0.4, -0.2) is 37.6 Å². The molecule has 0 unspecified atom stereocenters. The fourth-order valence-corrected chi connectivity index (χ4v) is 1.84. The number of nitrogens with one attached hydrogen (secondary N) is 2. The van der Waals surface area contributed by atoms with E-state index in [0.717, 1.165) is 6.42 Å². The summed E-state index contributed by atoms with van der Waals surface area (Å²) in [6.07, 6.45) is 0.934. The van der Waals surface area contributed by atoms with Crippen LogP contribution in [0.2, 0.25) is 0 Å². The summed E-state index contributed by atoms with van der Waals surface area (Å²) < 4.78 is 0. The average molecular weight is 263 g/mol. The predicted octanol–water partition coefficient (Wildman–Crippen LogP) is 2.39. The number of benzene rings is 1. The highest BCUT2D eigenvalue weighted by Crippen LogP contribution is 2.16. The van der Waals surface area contributed by atoms with E-state index in [-0.39, 0.29) is 18.1 Å². The lowest BCUT2D eigenvalue weighted by atomic mass is 10.1. The molecule has 0 bridgehead atoms. The van der Waals surface area contributed by atoms with Gasteiger partial charge in [0.2, 0.25) is 0 Å². The number of urea groups is 1. The molecule has 0 radical (unpaired) electrons. The molecule has 106 valence electrons. The topological polar surface area (TPSA) is 44.4 Å². The van der Waals surface area contributed by atoms with E-state index in [0.29, 0.717) is 6.54 Å². The lowest BCUT2D eigenvalue weighted by Crippen LogP contribution is -2.43. The molecule has 2 atom stereocenters. The Morgan fingerprint density at radius 2 is 1.89 bits per heavy atom. The van der Waals surface area contributed by atoms with Crippen molar-refractivity contribution < 1.29 is 4.79 Å². The molecular weight excluding hydrogens is 238 g/mol. The Labute approximate surface area is 116 Å². The van der Waals surface area contributed by atoms with E-state index in [1.165, 1.54) is 5.56 Å². The van der Waals surface area contributed by atoms with Crippen LogP contribution in [0.15, 0.2) is 30.3 Å². The molecule has 0 aliphatic carbocycles. The second kappa shape index (κ2) is 7.79. The lowest BCUT2D eigenvalue weighted by Gasteiger charge is -2.25. The first-order chi connectivity index (χ1) is 9.04. The summed E-state index contributed by atoms with van der Waals surface area (Å²) in [6, 6.07) is 10.5. The van der Waals surface area contributed by atoms with Gasteiger partial charge in [0.25, 0.3) is 0 Å². The number of likely N-dealkylation sites (N-methyl/N-ethyl adjacent to an activating group) is 1. The van der Waals surface area contributed by atoms with Crippen molar-refractivity contribution in [1.82, 2.24) is 15.5 Å². The molecule has 0 aromatic heterocycles. The smallest absolute Gasteiger partial charge is 0.315 e. The van der Waals surface area contributed by atoms with Gasteiger partial charge in [0.1, 0.15) is 0 Å². The van der Waals surface area contributed by atoms with Crippen LogP contribution in [0.25, 0.3) is 0 Å². The van der Waals surface area contributed by atoms with E-state index in [9.17, 15) is 4.79 Å². The molecule has 0 heterocycles. The van der Waals surface area contributed by atoms with Crippen molar-refractivity contribution >= 4 is 6.03 Å². The standard InChI is InChI=1S/C15H25N3O/c1-5-12(2)17-15(19)16-11-14(18(3)4)13-9-7-6-8-10-13/h6-10,12,14H,5,11H2,1-4H3,(H2,16,17,19)/t12-,14-/m1/s1. The van der Waals surface area contributed by atoms with Gasteiger partial charge < -0.3 is 15.5 Å². The van der Waals surface area contributed by atoms with E-state index in [2.05, 4.69) is 34.6 Å². The number of carbonyl (C=O) groups excluding carboxylic acids is 1. The van der Waals surface area contributed by atoms with Crippen LogP contribution in [0.3, 0.4) is 0 Å². The van der Waals surface area contributed by atoms with Gasteiger partial charge in [-0.2, -0.15) is 0 Å². The number of hydrogen-bond donors (Lipinski definition) is 2. The minimum Gasteiger partial charge on any atom is -0.336 e. The van der Waals surface area contributed by atoms with Gasteiger partial charge in [-0.3, -0.25) is 0 Å². The third-order valence-corrected chi connectivity index (χ3v) is 3.25. The van der Waals surface area contributed by atoms with Crippen LogP contribution < -0.4 is 10.6 Å². The average Bonchev–Trinajstić information content (AvgIpc) is 2.39. The normalized spacial score (nSPS) is 13.9. The third-order valence-electron chi connectivity index (χ3n) is 3.25. The molecule has 0 fully saturated rings. The van der Waals surface area contributed by atoms with Gasteiger partial charge in [-0.15, -0.1) is 0 Å². The molecule has 2 N–H and O–H groups in total. The fourth-order valence-electron chi connectivity index (χ4n) is 1.84. The quantitative estimate of drug-likeness (QED) is 0.827. The molecule has 1 aromatic carbocycles. The van der Waals surface area contributed by atoms with E-state index < -0.39 is 0 Å². The molecule has 0 aliphatic rings. The number of carbonyl (C=O) groups is 1. The number of hydrogen-bond acceptors (Lipinski definition) is 2. The van der Waals surface area contributed by atoms with E-state index in [1.54, 1.807) is 0 Å². The molecule has 0 aliphatic heterocycles. The first-order valence-corrected chi connectivity index (χ1v) is 6.80. The minimum atomic E-state index is -0.0999. The van der Waals surface area contributed by atoms with Crippen molar-refractivity contribution in [3.05, 3.63) is 35.9 Å². The van der Waals surface area contributed by atoms with Crippen LogP contribution in [0.5, 0.6) is 0 Å². The highest BCUT2D eigenvalue weighted by atomic mass is 16.2. The van der Waals surface area contributed by atoms with Crippen molar-refractivity contribution in [2.75, 3.05) is 20.6 Å². The van der Waals surface area contributed by atoms with Crippen molar-refractivity contribution in [2.24, 2.45) is 0 Å². The largest absolute Gasteiger partial charge is 0.336 e. The zero-order valence-electron chi connectivity index (χ0n) is 12.3. The van der Waals surface area contributed by atoms with E-state index in [1.807, 2.05) is 39.2 Å². The maximum atomic E-state index is 11.7. The highest BCUT2D eigenvalue weighted by molar-refractivity contribution is 5.74. The zero-order valence-corrected chi connectivity index (χ0v) is 12.3. The molecule has 19 heavy (non-hydrogen) atoms. The summed E-state index contributed by atoms with van der Waals surface area (Å²) in [6.45, 7) is 4.65. The van der Waals surface area contributed by atoms with Gasteiger partial charge in [0, 0.05) is 12.6 Å². The second-order valence-corrected chi connectivity index (χ2v) is 5.05. The third kappa shape index (κ3) is 5.30. The SMILES string of the molecule is CC[C@@H](C)NC(=O)NC[C@H](c1ccccc1)N(C)C. The summed E-state index contributed by atoms with van der Waals surface area (Å²) in [5, 5.41) is 5.84.